The minimum absolute atomic E-state index is 0.0208. The zero-order valence-electron chi connectivity index (χ0n) is 19.8. The van der Waals surface area contributed by atoms with Crippen molar-refractivity contribution in [1.29, 1.82) is 0 Å². The van der Waals surface area contributed by atoms with Crippen LogP contribution in [0.4, 0.5) is 4.79 Å². The van der Waals surface area contributed by atoms with Crippen molar-refractivity contribution in [3.8, 4) is 5.75 Å². The minimum atomic E-state index is -1.18. The summed E-state index contributed by atoms with van der Waals surface area (Å²) in [4.78, 5) is 51.7. The second-order valence-corrected chi connectivity index (χ2v) is 10.1. The molecule has 0 saturated heterocycles. The van der Waals surface area contributed by atoms with E-state index >= 15 is 0 Å². The maximum Gasteiger partial charge on any atom is 0.413 e. The molecular weight excluding hydrogens is 454 g/mol. The Bertz CT molecular complexity index is 851. The van der Waals surface area contributed by atoms with E-state index in [4.69, 9.17) is 4.74 Å². The lowest BCUT2D eigenvalue weighted by molar-refractivity contribution is -0.141. The molecule has 9 heteroatoms. The van der Waals surface area contributed by atoms with Gasteiger partial charge in [-0.05, 0) is 56.2 Å². The van der Waals surface area contributed by atoms with Gasteiger partial charge in [0.05, 0.1) is 6.04 Å². The fourth-order valence-corrected chi connectivity index (χ4v) is 5.14. The smallest absolute Gasteiger partial charge is 0.410 e. The van der Waals surface area contributed by atoms with E-state index in [0.29, 0.717) is 30.8 Å². The zero-order chi connectivity index (χ0) is 24.4. The minimum Gasteiger partial charge on any atom is -0.410 e. The van der Waals surface area contributed by atoms with Crippen molar-refractivity contribution >= 4 is 35.5 Å². The van der Waals surface area contributed by atoms with Crippen LogP contribution in [-0.4, -0.2) is 53.3 Å². The van der Waals surface area contributed by atoms with E-state index in [1.54, 1.807) is 36.0 Å². The Kier molecular flexibility index (Phi) is 9.80. The van der Waals surface area contributed by atoms with Gasteiger partial charge in [-0.15, -0.1) is 0 Å². The van der Waals surface area contributed by atoms with E-state index in [0.717, 1.165) is 44.9 Å². The maximum atomic E-state index is 13.5. The van der Waals surface area contributed by atoms with Gasteiger partial charge in [-0.1, -0.05) is 50.3 Å². The van der Waals surface area contributed by atoms with Crippen molar-refractivity contribution in [2.24, 2.45) is 0 Å². The van der Waals surface area contributed by atoms with E-state index < -0.39 is 35.3 Å². The van der Waals surface area contributed by atoms with Gasteiger partial charge in [0.1, 0.15) is 11.3 Å². The number of ether oxygens (including phenoxy) is 1. The van der Waals surface area contributed by atoms with E-state index in [1.165, 1.54) is 0 Å². The van der Waals surface area contributed by atoms with Crippen LogP contribution in [0.5, 0.6) is 5.75 Å². The lowest BCUT2D eigenvalue weighted by Crippen LogP contribution is -2.63. The SMILES string of the molecule is CSCCC(NC(=O)C1(NC(=O)Oc2ccccc2)CCCCC1)C(=O)C(=O)NC1CCCC1. The highest BCUT2D eigenvalue weighted by Crippen LogP contribution is 2.29. The van der Waals surface area contributed by atoms with E-state index in [-0.39, 0.29) is 6.04 Å². The number of hydrogen-bond donors (Lipinski definition) is 3. The molecule has 0 heterocycles. The van der Waals surface area contributed by atoms with E-state index in [2.05, 4.69) is 16.0 Å². The molecule has 3 N–H and O–H groups in total. The average molecular weight is 490 g/mol. The Labute approximate surface area is 205 Å². The first-order chi connectivity index (χ1) is 16.4. The van der Waals surface area contributed by atoms with Crippen molar-refractivity contribution in [3.05, 3.63) is 30.3 Å². The lowest BCUT2D eigenvalue weighted by Gasteiger charge is -2.37. The van der Waals surface area contributed by atoms with Crippen LogP contribution in [0.15, 0.2) is 30.3 Å². The number of hydrogen-bond acceptors (Lipinski definition) is 6. The summed E-state index contributed by atoms with van der Waals surface area (Å²) in [5.74, 6) is -0.725. The van der Waals surface area contributed by atoms with Crippen LogP contribution in [0, 0.1) is 0 Å². The van der Waals surface area contributed by atoms with Crippen molar-refractivity contribution in [3.63, 3.8) is 0 Å². The largest absolute Gasteiger partial charge is 0.413 e. The molecule has 8 nitrogen and oxygen atoms in total. The van der Waals surface area contributed by atoms with Gasteiger partial charge in [-0.3, -0.25) is 14.4 Å². The molecule has 1 atom stereocenters. The first-order valence-corrected chi connectivity index (χ1v) is 13.5. The van der Waals surface area contributed by atoms with Crippen LogP contribution in [0.1, 0.15) is 64.2 Å². The molecule has 1 aromatic carbocycles. The highest BCUT2D eigenvalue weighted by atomic mass is 32.2. The Morgan fingerprint density at radius 1 is 1.03 bits per heavy atom. The van der Waals surface area contributed by atoms with Crippen LogP contribution in [0.2, 0.25) is 0 Å². The van der Waals surface area contributed by atoms with Crippen LogP contribution >= 0.6 is 11.8 Å². The molecule has 0 spiro atoms. The molecule has 0 aromatic heterocycles. The van der Waals surface area contributed by atoms with Gasteiger partial charge in [-0.2, -0.15) is 11.8 Å². The van der Waals surface area contributed by atoms with Crippen molar-refractivity contribution in [1.82, 2.24) is 16.0 Å². The van der Waals surface area contributed by atoms with E-state index in [1.807, 2.05) is 12.3 Å². The molecule has 0 aliphatic heterocycles. The van der Waals surface area contributed by atoms with Crippen LogP contribution in [-0.2, 0) is 14.4 Å². The third kappa shape index (κ3) is 7.22. The summed E-state index contributed by atoms with van der Waals surface area (Å²) in [6, 6.07) is 7.73. The Hall–Kier alpha value is -2.55. The molecule has 0 bridgehead atoms. The molecule has 1 unspecified atom stereocenters. The topological polar surface area (TPSA) is 114 Å². The summed E-state index contributed by atoms with van der Waals surface area (Å²) in [7, 11) is 0. The van der Waals surface area contributed by atoms with Crippen LogP contribution in [0.25, 0.3) is 0 Å². The summed E-state index contributed by atoms with van der Waals surface area (Å²) in [6.07, 6.45) is 8.75. The molecule has 3 rings (SSSR count). The number of benzene rings is 1. The first kappa shape index (κ1) is 26.1. The van der Waals surface area contributed by atoms with Crippen molar-refractivity contribution in [2.75, 3.05) is 12.0 Å². The second kappa shape index (κ2) is 12.8. The quantitative estimate of drug-likeness (QED) is 0.435. The average Bonchev–Trinajstić information content (AvgIpc) is 3.35. The molecule has 1 aromatic rings. The standard InChI is InChI=1S/C25H35N3O5S/c1-34-17-14-20(21(29)22(30)26-18-10-6-7-11-18)27-23(31)25(15-8-3-9-16-25)28-24(32)33-19-12-4-2-5-13-19/h2,4-5,12-13,18,20H,3,6-11,14-17H2,1H3,(H,26,30)(H,27,31)(H,28,32). The molecular formula is C25H35N3O5S. The van der Waals surface area contributed by atoms with Gasteiger partial charge >= 0.3 is 6.09 Å². The number of carbonyl (C=O) groups excluding carboxylic acids is 4. The molecule has 2 aliphatic carbocycles. The Balaban J connectivity index is 1.69. The number of Topliss-reactive ketones (excluding diaryl/α,β-unsaturated/α-hetero) is 1. The second-order valence-electron chi connectivity index (χ2n) is 9.10. The summed E-state index contributed by atoms with van der Waals surface area (Å²) in [6.45, 7) is 0. The summed E-state index contributed by atoms with van der Waals surface area (Å²) in [5, 5.41) is 8.40. The summed E-state index contributed by atoms with van der Waals surface area (Å²) >= 11 is 1.54. The first-order valence-electron chi connectivity index (χ1n) is 12.1. The molecule has 0 radical (unpaired) electrons. The molecule has 2 fully saturated rings. The number of para-hydroxylation sites is 1. The monoisotopic (exact) mass is 489 g/mol. The molecule has 34 heavy (non-hydrogen) atoms. The van der Waals surface area contributed by atoms with Gasteiger partial charge in [0.25, 0.3) is 5.91 Å². The van der Waals surface area contributed by atoms with Gasteiger partial charge in [-0.25, -0.2) is 4.79 Å². The van der Waals surface area contributed by atoms with Gasteiger partial charge in [0.2, 0.25) is 11.7 Å². The predicted molar refractivity (Wildman–Crippen MR) is 132 cm³/mol. The van der Waals surface area contributed by atoms with Crippen molar-refractivity contribution in [2.45, 2.75) is 81.8 Å². The third-order valence-corrected chi connectivity index (χ3v) is 7.23. The Morgan fingerprint density at radius 3 is 2.35 bits per heavy atom. The maximum absolute atomic E-state index is 13.5. The summed E-state index contributed by atoms with van der Waals surface area (Å²) in [5.41, 5.74) is -1.18. The summed E-state index contributed by atoms with van der Waals surface area (Å²) < 4.78 is 5.36. The molecule has 2 saturated carbocycles. The third-order valence-electron chi connectivity index (χ3n) is 6.58. The van der Waals surface area contributed by atoms with E-state index in [9.17, 15) is 19.2 Å². The molecule has 3 amide bonds. The van der Waals surface area contributed by atoms with Crippen LogP contribution in [0.3, 0.4) is 0 Å². The fourth-order valence-electron chi connectivity index (χ4n) is 4.67. The number of carbonyl (C=O) groups is 4. The highest BCUT2D eigenvalue weighted by molar-refractivity contribution is 7.98. The Morgan fingerprint density at radius 2 is 1.71 bits per heavy atom. The van der Waals surface area contributed by atoms with Gasteiger partial charge in [0.15, 0.2) is 0 Å². The zero-order valence-corrected chi connectivity index (χ0v) is 20.6. The highest BCUT2D eigenvalue weighted by Gasteiger charge is 2.43. The number of amides is 3. The normalized spacial score (nSPS) is 18.5. The van der Waals surface area contributed by atoms with Gasteiger partial charge < -0.3 is 20.7 Å². The number of rotatable bonds is 10. The van der Waals surface area contributed by atoms with Crippen LogP contribution < -0.4 is 20.7 Å². The van der Waals surface area contributed by atoms with Gasteiger partial charge in [0, 0.05) is 6.04 Å². The number of nitrogens with one attached hydrogen (secondary N) is 3. The molecule has 186 valence electrons. The lowest BCUT2D eigenvalue weighted by atomic mass is 9.80. The number of thioether (sulfide) groups is 1. The predicted octanol–water partition coefficient (Wildman–Crippen LogP) is 3.34. The number of ketones is 1. The van der Waals surface area contributed by atoms with Crippen molar-refractivity contribution < 1.29 is 23.9 Å². The molecule has 2 aliphatic rings. The fraction of sp³-hybridized carbons (Fsp3) is 0.600.